The van der Waals surface area contributed by atoms with Crippen molar-refractivity contribution in [1.82, 2.24) is 20.0 Å². The third-order valence-electron chi connectivity index (χ3n) is 9.88. The molecule has 0 saturated heterocycles. The fourth-order valence-electron chi connectivity index (χ4n) is 7.42. The molecule has 0 atom stereocenters. The Bertz CT molecular complexity index is 2890. The summed E-state index contributed by atoms with van der Waals surface area (Å²) in [5.41, 5.74) is 13.0. The van der Waals surface area contributed by atoms with Crippen molar-refractivity contribution in [2.24, 2.45) is 0 Å². The lowest BCUT2D eigenvalue weighted by atomic mass is 9.85. The van der Waals surface area contributed by atoms with E-state index in [9.17, 15) is 0 Å². The molecule has 2 heterocycles. The molecule has 0 radical (unpaired) electrons. The van der Waals surface area contributed by atoms with Crippen LogP contribution in [0.4, 0.5) is 0 Å². The van der Waals surface area contributed by atoms with Crippen LogP contribution in [0.25, 0.3) is 93.7 Å². The Morgan fingerprint density at radius 3 is 1.65 bits per heavy atom. The quantitative estimate of drug-likeness (QED) is 0.174. The summed E-state index contributed by atoms with van der Waals surface area (Å²) >= 11 is 0. The third-order valence-corrected chi connectivity index (χ3v) is 9.88. The van der Waals surface area contributed by atoms with Gasteiger partial charge in [0.25, 0.3) is 0 Å². The minimum absolute atomic E-state index is 0.849. The molecule has 0 spiro atoms. The molecule has 51 heavy (non-hydrogen) atoms. The maximum Gasteiger partial charge on any atom is 0.114 e. The fourth-order valence-corrected chi connectivity index (χ4v) is 7.42. The minimum atomic E-state index is 0.849. The first-order valence-electron chi connectivity index (χ1n) is 17.2. The number of nitrogens with zero attached hydrogens (tertiary/aromatic N) is 4. The maximum atomic E-state index is 4.93. The molecule has 0 fully saturated rings. The Hall–Kier alpha value is -6.91. The summed E-state index contributed by atoms with van der Waals surface area (Å²) in [5, 5.41) is 15.8. The number of para-hydroxylation sites is 1. The van der Waals surface area contributed by atoms with Gasteiger partial charge in [-0.05, 0) is 103 Å². The first kappa shape index (κ1) is 29.0. The molecular formula is C47H30N4. The third kappa shape index (κ3) is 5.04. The molecule has 4 heteroatoms. The normalized spacial score (nSPS) is 11.5. The molecule has 8 aromatic carbocycles. The van der Waals surface area contributed by atoms with Crippen molar-refractivity contribution < 1.29 is 0 Å². The number of aromatic nitrogens is 4. The molecule has 10 aromatic rings. The van der Waals surface area contributed by atoms with Crippen LogP contribution in [0.15, 0.2) is 182 Å². The van der Waals surface area contributed by atoms with Gasteiger partial charge in [0, 0.05) is 17.1 Å². The largest absolute Gasteiger partial charge is 0.256 e. The van der Waals surface area contributed by atoms with Gasteiger partial charge in [0.15, 0.2) is 0 Å². The van der Waals surface area contributed by atoms with Crippen LogP contribution in [0, 0.1) is 0 Å². The van der Waals surface area contributed by atoms with Crippen molar-refractivity contribution in [3.63, 3.8) is 0 Å². The molecule has 2 aromatic heterocycles. The van der Waals surface area contributed by atoms with Crippen LogP contribution >= 0.6 is 0 Å². The monoisotopic (exact) mass is 650 g/mol. The van der Waals surface area contributed by atoms with E-state index in [4.69, 9.17) is 10.2 Å². The second-order valence-electron chi connectivity index (χ2n) is 12.9. The molecule has 0 aliphatic carbocycles. The molecular weight excluding hydrogens is 621 g/mol. The van der Waals surface area contributed by atoms with Crippen molar-refractivity contribution in [2.75, 3.05) is 0 Å². The standard InChI is InChI=1S/C47H30N4/c1-3-11-32(12-4-1)46-39-16-8-9-17-40(39)47(33-13-5-2-6-14-33)42-28-34(21-25-41(42)46)35-22-26-44-45(29-35)50-51(49-44)38-23-19-31(20-24-38)37-27-36-15-7-10-18-43(36)48-30-37/h1-30H. The van der Waals surface area contributed by atoms with Gasteiger partial charge < -0.3 is 0 Å². The molecule has 0 bridgehead atoms. The SMILES string of the molecule is c1ccc(-c2c3ccccc3c(-c3ccccc3)c3cc(-c4ccc5nn(-c6ccc(-c7cnc8ccccc8c7)cc6)nc5c4)ccc23)cc1. The molecule has 238 valence electrons. The zero-order chi connectivity index (χ0) is 33.7. The second kappa shape index (κ2) is 11.9. The predicted octanol–water partition coefficient (Wildman–Crippen LogP) is 11.9. The topological polar surface area (TPSA) is 43.6 Å². The fraction of sp³-hybridized carbons (Fsp3) is 0. The van der Waals surface area contributed by atoms with Gasteiger partial charge in [0.1, 0.15) is 11.0 Å². The van der Waals surface area contributed by atoms with E-state index < -0.39 is 0 Å². The highest BCUT2D eigenvalue weighted by molar-refractivity contribution is 6.22. The van der Waals surface area contributed by atoms with Gasteiger partial charge in [0.05, 0.1) is 11.2 Å². The minimum Gasteiger partial charge on any atom is -0.256 e. The van der Waals surface area contributed by atoms with Crippen LogP contribution in [-0.4, -0.2) is 20.0 Å². The average molecular weight is 651 g/mol. The number of fused-ring (bicyclic) bond motifs is 4. The summed E-state index contributed by atoms with van der Waals surface area (Å²) in [6, 6.07) is 62.2. The molecule has 0 saturated carbocycles. The number of hydrogen-bond donors (Lipinski definition) is 0. The summed E-state index contributed by atoms with van der Waals surface area (Å²) in [6.45, 7) is 0. The smallest absolute Gasteiger partial charge is 0.114 e. The van der Waals surface area contributed by atoms with E-state index in [0.717, 1.165) is 49.9 Å². The number of rotatable bonds is 5. The Kier molecular flexibility index (Phi) is 6.78. The maximum absolute atomic E-state index is 4.93. The highest BCUT2D eigenvalue weighted by Crippen LogP contribution is 2.44. The van der Waals surface area contributed by atoms with Crippen molar-refractivity contribution in [3.8, 4) is 50.2 Å². The van der Waals surface area contributed by atoms with Crippen LogP contribution in [0.5, 0.6) is 0 Å². The van der Waals surface area contributed by atoms with E-state index >= 15 is 0 Å². The average Bonchev–Trinajstić information content (AvgIpc) is 3.64. The predicted molar refractivity (Wildman–Crippen MR) is 211 cm³/mol. The van der Waals surface area contributed by atoms with Crippen molar-refractivity contribution in [3.05, 3.63) is 182 Å². The first-order valence-corrected chi connectivity index (χ1v) is 17.2. The van der Waals surface area contributed by atoms with Crippen molar-refractivity contribution >= 4 is 43.5 Å². The second-order valence-corrected chi connectivity index (χ2v) is 12.9. The van der Waals surface area contributed by atoms with E-state index in [0.29, 0.717) is 0 Å². The number of pyridine rings is 1. The lowest BCUT2D eigenvalue weighted by Gasteiger charge is -2.18. The Balaban J connectivity index is 1.07. The van der Waals surface area contributed by atoms with Crippen LogP contribution in [0.1, 0.15) is 0 Å². The van der Waals surface area contributed by atoms with E-state index in [1.54, 1.807) is 4.80 Å². The summed E-state index contributed by atoms with van der Waals surface area (Å²) < 4.78 is 0. The lowest BCUT2D eigenvalue weighted by molar-refractivity contribution is 0.766. The van der Waals surface area contributed by atoms with Crippen molar-refractivity contribution in [1.29, 1.82) is 0 Å². The zero-order valence-corrected chi connectivity index (χ0v) is 27.6. The van der Waals surface area contributed by atoms with Crippen molar-refractivity contribution in [2.45, 2.75) is 0 Å². The number of benzene rings is 8. The molecule has 4 nitrogen and oxygen atoms in total. The molecule has 0 unspecified atom stereocenters. The van der Waals surface area contributed by atoms with Crippen LogP contribution < -0.4 is 0 Å². The van der Waals surface area contributed by atoms with E-state index in [-0.39, 0.29) is 0 Å². The van der Waals surface area contributed by atoms with Gasteiger partial charge in [-0.15, -0.1) is 10.2 Å². The van der Waals surface area contributed by atoms with E-state index in [1.807, 2.05) is 24.4 Å². The molecule has 0 aliphatic heterocycles. The van der Waals surface area contributed by atoms with Gasteiger partial charge >= 0.3 is 0 Å². The summed E-state index contributed by atoms with van der Waals surface area (Å²) in [4.78, 5) is 6.36. The highest BCUT2D eigenvalue weighted by Gasteiger charge is 2.18. The van der Waals surface area contributed by atoms with E-state index in [1.165, 1.54) is 43.8 Å². The molecule has 10 rings (SSSR count). The Labute approximate surface area is 294 Å². The zero-order valence-electron chi connectivity index (χ0n) is 27.6. The van der Waals surface area contributed by atoms with E-state index in [2.05, 4.69) is 163 Å². The molecule has 0 aliphatic rings. The Morgan fingerprint density at radius 1 is 0.333 bits per heavy atom. The molecule has 0 N–H and O–H groups in total. The van der Waals surface area contributed by atoms with Crippen LogP contribution in [0.3, 0.4) is 0 Å². The van der Waals surface area contributed by atoms with Crippen LogP contribution in [0.2, 0.25) is 0 Å². The van der Waals surface area contributed by atoms with Gasteiger partial charge in [-0.2, -0.15) is 4.80 Å². The van der Waals surface area contributed by atoms with Gasteiger partial charge in [-0.1, -0.05) is 133 Å². The van der Waals surface area contributed by atoms with Gasteiger partial charge in [-0.3, -0.25) is 4.98 Å². The van der Waals surface area contributed by atoms with Gasteiger partial charge in [0.2, 0.25) is 0 Å². The summed E-state index contributed by atoms with van der Waals surface area (Å²) in [5.74, 6) is 0. The van der Waals surface area contributed by atoms with Crippen LogP contribution in [-0.2, 0) is 0 Å². The lowest BCUT2D eigenvalue weighted by Crippen LogP contribution is -1.98. The summed E-state index contributed by atoms with van der Waals surface area (Å²) in [7, 11) is 0. The summed E-state index contributed by atoms with van der Waals surface area (Å²) in [6.07, 6.45) is 1.93. The molecule has 0 amide bonds. The number of hydrogen-bond acceptors (Lipinski definition) is 3. The Morgan fingerprint density at radius 2 is 0.902 bits per heavy atom. The highest BCUT2D eigenvalue weighted by atomic mass is 15.5. The van der Waals surface area contributed by atoms with Gasteiger partial charge in [-0.25, -0.2) is 0 Å². The first-order chi connectivity index (χ1) is 25.3.